The number of carbonyl (C=O) groups excluding carboxylic acids is 1. The molecule has 0 aliphatic heterocycles. The van der Waals surface area contributed by atoms with Gasteiger partial charge in [0.2, 0.25) is 0 Å². The predicted molar refractivity (Wildman–Crippen MR) is 91.0 cm³/mol. The Morgan fingerprint density at radius 3 is 2.00 bits per heavy atom. The van der Waals surface area contributed by atoms with Gasteiger partial charge in [-0.05, 0) is 24.0 Å². The summed E-state index contributed by atoms with van der Waals surface area (Å²) in [6.45, 7) is 0. The van der Waals surface area contributed by atoms with Crippen molar-refractivity contribution < 1.29 is 4.79 Å². The number of hydrogen-bond donors (Lipinski definition) is 0. The zero-order chi connectivity index (χ0) is 14.7. The summed E-state index contributed by atoms with van der Waals surface area (Å²) in [5, 5.41) is 0. The summed E-state index contributed by atoms with van der Waals surface area (Å²) in [4.78, 5) is 12.7. The Kier molecular flexibility index (Phi) is 4.25. The molecule has 0 N–H and O–H groups in total. The number of hydrogen-bond acceptors (Lipinski definition) is 1. The first-order valence-corrected chi connectivity index (χ1v) is 8.38. The molecule has 0 radical (unpaired) electrons. The maximum atomic E-state index is 12.7. The van der Waals surface area contributed by atoms with E-state index in [1.165, 1.54) is 12.0 Å². The monoisotopic (exact) mass is 342 g/mol. The molecule has 2 heteroatoms. The molecule has 0 amide bonds. The van der Waals surface area contributed by atoms with Gasteiger partial charge >= 0.3 is 0 Å². The van der Waals surface area contributed by atoms with E-state index in [2.05, 4.69) is 28.1 Å². The van der Waals surface area contributed by atoms with Gasteiger partial charge in [-0.1, -0.05) is 89.8 Å². The van der Waals surface area contributed by atoms with Crippen molar-refractivity contribution >= 4 is 21.7 Å². The topological polar surface area (TPSA) is 17.1 Å². The summed E-state index contributed by atoms with van der Waals surface area (Å²) in [6.07, 6.45) is 5.42. The van der Waals surface area contributed by atoms with Crippen molar-refractivity contribution in [2.75, 3.05) is 0 Å². The van der Waals surface area contributed by atoms with Crippen molar-refractivity contribution in [2.24, 2.45) is 0 Å². The van der Waals surface area contributed by atoms with Gasteiger partial charge in [0.1, 0.15) is 0 Å². The normalized spacial score (nSPS) is 17.4. The first kappa shape index (κ1) is 14.5. The maximum Gasteiger partial charge on any atom is 0.179 e. The molecular weight excluding hydrogens is 324 g/mol. The minimum atomic E-state index is -0.334. The van der Waals surface area contributed by atoms with Crippen LogP contribution < -0.4 is 0 Å². The molecule has 21 heavy (non-hydrogen) atoms. The van der Waals surface area contributed by atoms with Crippen LogP contribution in [0.3, 0.4) is 0 Å². The van der Waals surface area contributed by atoms with E-state index in [1.54, 1.807) is 0 Å². The van der Waals surface area contributed by atoms with Crippen LogP contribution in [0.25, 0.3) is 11.1 Å². The fourth-order valence-electron chi connectivity index (χ4n) is 3.04. The SMILES string of the molecule is O=C(c1ccc(-c2ccccc2)cc1)C1(Br)CCCCC1. The van der Waals surface area contributed by atoms with Crippen molar-refractivity contribution in [1.29, 1.82) is 0 Å². The summed E-state index contributed by atoms with van der Waals surface area (Å²) in [6, 6.07) is 18.3. The summed E-state index contributed by atoms with van der Waals surface area (Å²) >= 11 is 3.71. The minimum Gasteiger partial charge on any atom is -0.293 e. The van der Waals surface area contributed by atoms with Gasteiger partial charge in [-0.2, -0.15) is 0 Å². The molecule has 1 fully saturated rings. The van der Waals surface area contributed by atoms with Gasteiger partial charge < -0.3 is 0 Å². The highest BCUT2D eigenvalue weighted by molar-refractivity contribution is 9.10. The molecule has 0 heterocycles. The molecule has 3 rings (SSSR count). The highest BCUT2D eigenvalue weighted by Gasteiger charge is 2.36. The third kappa shape index (κ3) is 3.11. The summed E-state index contributed by atoms with van der Waals surface area (Å²) in [5.74, 6) is 0.238. The number of carbonyl (C=O) groups is 1. The second kappa shape index (κ2) is 6.15. The molecular formula is C19H19BrO. The number of Topliss-reactive ketones (excluding diaryl/α,β-unsaturated/α-hetero) is 1. The zero-order valence-corrected chi connectivity index (χ0v) is 13.6. The van der Waals surface area contributed by atoms with Crippen LogP contribution >= 0.6 is 15.9 Å². The standard InChI is InChI=1S/C19H19BrO/c20-19(13-5-2-6-14-19)18(21)17-11-9-16(10-12-17)15-7-3-1-4-8-15/h1,3-4,7-12H,2,5-6,13-14H2. The van der Waals surface area contributed by atoms with E-state index in [1.807, 2.05) is 42.5 Å². The highest BCUT2D eigenvalue weighted by Crippen LogP contribution is 2.38. The molecule has 0 bridgehead atoms. The minimum absolute atomic E-state index is 0.238. The predicted octanol–water partition coefficient (Wildman–Crippen LogP) is 5.63. The molecule has 0 aromatic heterocycles. The second-order valence-electron chi connectivity index (χ2n) is 5.80. The van der Waals surface area contributed by atoms with Crippen LogP contribution in [0.5, 0.6) is 0 Å². The Labute approximate surface area is 134 Å². The van der Waals surface area contributed by atoms with E-state index < -0.39 is 0 Å². The van der Waals surface area contributed by atoms with Crippen LogP contribution in [0.1, 0.15) is 42.5 Å². The van der Waals surface area contributed by atoms with Gasteiger partial charge in [0, 0.05) is 5.56 Å². The highest BCUT2D eigenvalue weighted by atomic mass is 79.9. The Hall–Kier alpha value is -1.41. The lowest BCUT2D eigenvalue weighted by Crippen LogP contribution is -2.34. The van der Waals surface area contributed by atoms with Crippen LogP contribution in [0.4, 0.5) is 0 Å². The van der Waals surface area contributed by atoms with Crippen LogP contribution in [0, 0.1) is 0 Å². The quantitative estimate of drug-likeness (QED) is 0.521. The zero-order valence-electron chi connectivity index (χ0n) is 12.0. The number of benzene rings is 2. The molecule has 1 saturated carbocycles. The lowest BCUT2D eigenvalue weighted by Gasteiger charge is -2.30. The third-order valence-corrected chi connectivity index (χ3v) is 5.46. The Morgan fingerprint density at radius 2 is 1.38 bits per heavy atom. The van der Waals surface area contributed by atoms with Gasteiger partial charge in [0.25, 0.3) is 0 Å². The van der Waals surface area contributed by atoms with Crippen LogP contribution in [0.2, 0.25) is 0 Å². The van der Waals surface area contributed by atoms with E-state index in [0.29, 0.717) is 0 Å². The van der Waals surface area contributed by atoms with E-state index >= 15 is 0 Å². The summed E-state index contributed by atoms with van der Waals surface area (Å²) in [5.41, 5.74) is 3.15. The lowest BCUT2D eigenvalue weighted by molar-refractivity contribution is 0.0923. The molecule has 1 nitrogen and oxygen atoms in total. The van der Waals surface area contributed by atoms with Gasteiger partial charge in [0.05, 0.1) is 4.32 Å². The van der Waals surface area contributed by atoms with Crippen molar-refractivity contribution in [3.05, 3.63) is 60.2 Å². The summed E-state index contributed by atoms with van der Waals surface area (Å²) in [7, 11) is 0. The fourth-order valence-corrected chi connectivity index (χ4v) is 3.83. The largest absolute Gasteiger partial charge is 0.293 e. The number of alkyl halides is 1. The fraction of sp³-hybridized carbons (Fsp3) is 0.316. The smallest absolute Gasteiger partial charge is 0.179 e. The average Bonchev–Trinajstić information content (AvgIpc) is 2.56. The van der Waals surface area contributed by atoms with E-state index in [0.717, 1.165) is 36.8 Å². The van der Waals surface area contributed by atoms with E-state index in [4.69, 9.17) is 0 Å². The average molecular weight is 343 g/mol. The Morgan fingerprint density at radius 1 is 0.810 bits per heavy atom. The van der Waals surface area contributed by atoms with Crippen LogP contribution in [0.15, 0.2) is 54.6 Å². The molecule has 1 aliphatic rings. The molecule has 2 aromatic rings. The number of rotatable bonds is 3. The Bertz CT molecular complexity index is 610. The Balaban J connectivity index is 1.82. The van der Waals surface area contributed by atoms with Crippen molar-refractivity contribution in [3.8, 4) is 11.1 Å². The summed E-state index contributed by atoms with van der Waals surface area (Å²) < 4.78 is -0.334. The molecule has 2 aromatic carbocycles. The molecule has 1 aliphatic carbocycles. The maximum absolute atomic E-state index is 12.7. The molecule has 108 valence electrons. The van der Waals surface area contributed by atoms with Gasteiger partial charge in [0.15, 0.2) is 5.78 Å². The molecule has 0 spiro atoms. The third-order valence-electron chi connectivity index (χ3n) is 4.31. The molecule has 0 unspecified atom stereocenters. The van der Waals surface area contributed by atoms with Crippen LogP contribution in [-0.2, 0) is 0 Å². The first-order chi connectivity index (χ1) is 10.2. The van der Waals surface area contributed by atoms with Crippen molar-refractivity contribution in [2.45, 2.75) is 36.4 Å². The first-order valence-electron chi connectivity index (χ1n) is 7.58. The molecule has 0 atom stereocenters. The van der Waals surface area contributed by atoms with E-state index in [9.17, 15) is 4.79 Å². The van der Waals surface area contributed by atoms with Crippen LogP contribution in [-0.4, -0.2) is 10.1 Å². The molecule has 0 saturated heterocycles. The number of halogens is 1. The van der Waals surface area contributed by atoms with Gasteiger partial charge in [-0.15, -0.1) is 0 Å². The van der Waals surface area contributed by atoms with Crippen molar-refractivity contribution in [3.63, 3.8) is 0 Å². The van der Waals surface area contributed by atoms with E-state index in [-0.39, 0.29) is 10.1 Å². The lowest BCUT2D eigenvalue weighted by atomic mass is 9.83. The second-order valence-corrected chi connectivity index (χ2v) is 7.32. The van der Waals surface area contributed by atoms with Gasteiger partial charge in [-0.3, -0.25) is 4.79 Å². The number of ketones is 1. The van der Waals surface area contributed by atoms with Crippen molar-refractivity contribution in [1.82, 2.24) is 0 Å². The van der Waals surface area contributed by atoms with Gasteiger partial charge in [-0.25, -0.2) is 0 Å².